The average Bonchev–Trinajstić information content (AvgIpc) is 3.01. The number of aryl methyl sites for hydroxylation is 1. The molecule has 0 spiro atoms. The first-order valence-electron chi connectivity index (χ1n) is 6.91. The Morgan fingerprint density at radius 3 is 3.00 bits per heavy atom. The van der Waals surface area contributed by atoms with Gasteiger partial charge in [-0.2, -0.15) is 0 Å². The summed E-state index contributed by atoms with van der Waals surface area (Å²) < 4.78 is 0. The monoisotopic (exact) mass is 321 g/mol. The first-order chi connectivity index (χ1) is 10.1. The Bertz CT molecular complexity index is 655. The number of rotatable bonds is 4. The van der Waals surface area contributed by atoms with Crippen LogP contribution in [0.1, 0.15) is 28.5 Å². The van der Waals surface area contributed by atoms with Crippen molar-refractivity contribution in [2.24, 2.45) is 0 Å². The van der Waals surface area contributed by atoms with Gasteiger partial charge in [0.05, 0.1) is 17.2 Å². The number of aliphatic hydroxyl groups excluding tert-OH is 1. The van der Waals surface area contributed by atoms with Crippen LogP contribution in [0.2, 0.25) is 5.02 Å². The summed E-state index contributed by atoms with van der Waals surface area (Å²) in [5.74, 6) is -0.0414. The molecule has 1 aromatic carbocycles. The van der Waals surface area contributed by atoms with Crippen LogP contribution < -0.4 is 5.32 Å². The molecule has 21 heavy (non-hydrogen) atoms. The van der Waals surface area contributed by atoms with Crippen molar-refractivity contribution in [3.05, 3.63) is 56.7 Å². The normalized spacial score (nSPS) is 20.3. The molecule has 1 aliphatic rings. The molecule has 2 aromatic rings. The lowest BCUT2D eigenvalue weighted by molar-refractivity contribution is -0.122. The Balaban J connectivity index is 1.60. The third-order valence-electron chi connectivity index (χ3n) is 3.74. The molecule has 0 unspecified atom stereocenters. The smallest absolute Gasteiger partial charge is 0.220 e. The van der Waals surface area contributed by atoms with Crippen molar-refractivity contribution < 1.29 is 9.90 Å². The maximum atomic E-state index is 12.1. The molecule has 0 saturated heterocycles. The highest BCUT2D eigenvalue weighted by molar-refractivity contribution is 7.10. The Kier molecular flexibility index (Phi) is 4.29. The van der Waals surface area contributed by atoms with Crippen LogP contribution in [0.3, 0.4) is 0 Å². The Morgan fingerprint density at radius 1 is 1.43 bits per heavy atom. The van der Waals surface area contributed by atoms with E-state index in [-0.39, 0.29) is 11.9 Å². The summed E-state index contributed by atoms with van der Waals surface area (Å²) in [4.78, 5) is 13.2. The van der Waals surface area contributed by atoms with Gasteiger partial charge in [0.25, 0.3) is 0 Å². The van der Waals surface area contributed by atoms with Crippen molar-refractivity contribution in [1.82, 2.24) is 5.32 Å². The van der Waals surface area contributed by atoms with Gasteiger partial charge in [0.2, 0.25) is 5.91 Å². The molecule has 0 radical (unpaired) electrons. The van der Waals surface area contributed by atoms with Gasteiger partial charge < -0.3 is 10.4 Å². The third-order valence-corrected chi connectivity index (χ3v) is 5.08. The Morgan fingerprint density at radius 2 is 2.24 bits per heavy atom. The molecular weight excluding hydrogens is 306 g/mol. The summed E-state index contributed by atoms with van der Waals surface area (Å²) in [6.45, 7) is 0. The number of carbonyl (C=O) groups is 1. The summed E-state index contributed by atoms with van der Waals surface area (Å²) in [7, 11) is 0. The van der Waals surface area contributed by atoms with E-state index in [4.69, 9.17) is 11.6 Å². The fourth-order valence-corrected chi connectivity index (χ4v) is 3.79. The van der Waals surface area contributed by atoms with Crippen LogP contribution in [-0.4, -0.2) is 17.1 Å². The van der Waals surface area contributed by atoms with Crippen molar-refractivity contribution in [3.63, 3.8) is 0 Å². The first kappa shape index (κ1) is 14.6. The maximum absolute atomic E-state index is 12.1. The second-order valence-corrected chi connectivity index (χ2v) is 6.68. The summed E-state index contributed by atoms with van der Waals surface area (Å²) in [6, 6.07) is 9.45. The molecule has 0 fully saturated rings. The third kappa shape index (κ3) is 3.28. The zero-order chi connectivity index (χ0) is 14.8. The predicted octanol–water partition coefficient (Wildman–Crippen LogP) is 3.11. The van der Waals surface area contributed by atoms with E-state index in [1.165, 1.54) is 0 Å². The Hall–Kier alpha value is -1.36. The predicted molar refractivity (Wildman–Crippen MR) is 84.7 cm³/mol. The summed E-state index contributed by atoms with van der Waals surface area (Å²) in [6.07, 6.45) is 1.14. The van der Waals surface area contributed by atoms with E-state index in [1.807, 2.05) is 35.7 Å². The number of nitrogens with one attached hydrogen (secondary N) is 1. The molecule has 0 bridgehead atoms. The van der Waals surface area contributed by atoms with Gasteiger partial charge in [-0.1, -0.05) is 35.9 Å². The van der Waals surface area contributed by atoms with Crippen LogP contribution in [0.4, 0.5) is 0 Å². The molecule has 5 heteroatoms. The molecule has 3 nitrogen and oxygen atoms in total. The minimum absolute atomic E-state index is 0.0414. The molecule has 0 aliphatic heterocycles. The second-order valence-electron chi connectivity index (χ2n) is 5.25. The molecule has 1 aliphatic carbocycles. The van der Waals surface area contributed by atoms with Gasteiger partial charge >= 0.3 is 0 Å². The lowest BCUT2D eigenvalue weighted by atomic mass is 10.1. The minimum Gasteiger partial charge on any atom is -0.390 e. The average molecular weight is 322 g/mol. The number of hydrogen-bond donors (Lipinski definition) is 2. The fraction of sp³-hybridized carbons (Fsp3) is 0.312. The van der Waals surface area contributed by atoms with Crippen LogP contribution in [0.15, 0.2) is 35.7 Å². The second kappa shape index (κ2) is 6.18. The highest BCUT2D eigenvalue weighted by atomic mass is 35.5. The number of carbonyl (C=O) groups excluding carboxylic acids is 1. The topological polar surface area (TPSA) is 49.3 Å². The first-order valence-corrected chi connectivity index (χ1v) is 8.17. The molecule has 1 aromatic heterocycles. The summed E-state index contributed by atoms with van der Waals surface area (Å²) in [5, 5.41) is 15.6. The van der Waals surface area contributed by atoms with Gasteiger partial charge in [-0.3, -0.25) is 4.79 Å². The number of fused-ring (bicyclic) bond motifs is 1. The lowest BCUT2D eigenvalue weighted by Crippen LogP contribution is -2.33. The molecule has 1 heterocycles. The zero-order valence-corrected chi connectivity index (χ0v) is 13.0. The number of amides is 1. The number of halogens is 1. The summed E-state index contributed by atoms with van der Waals surface area (Å²) >= 11 is 7.43. The van der Waals surface area contributed by atoms with E-state index in [1.54, 1.807) is 11.3 Å². The number of benzene rings is 1. The number of thiophene rings is 1. The van der Waals surface area contributed by atoms with Gasteiger partial charge in [-0.15, -0.1) is 11.3 Å². The highest BCUT2D eigenvalue weighted by Gasteiger charge is 2.31. The van der Waals surface area contributed by atoms with Crippen LogP contribution in [0, 0.1) is 0 Å². The largest absolute Gasteiger partial charge is 0.390 e. The van der Waals surface area contributed by atoms with E-state index in [0.29, 0.717) is 19.3 Å². The van der Waals surface area contributed by atoms with Gasteiger partial charge in [-0.05, 0) is 23.6 Å². The van der Waals surface area contributed by atoms with Gasteiger partial charge in [0, 0.05) is 23.1 Å². The van der Waals surface area contributed by atoms with E-state index < -0.39 is 6.10 Å². The van der Waals surface area contributed by atoms with Crippen LogP contribution in [0.5, 0.6) is 0 Å². The quantitative estimate of drug-likeness (QED) is 0.909. The number of hydrogen-bond acceptors (Lipinski definition) is 3. The van der Waals surface area contributed by atoms with E-state index in [2.05, 4.69) is 5.32 Å². The fourth-order valence-electron chi connectivity index (χ4n) is 2.72. The molecule has 2 atom stereocenters. The van der Waals surface area contributed by atoms with Crippen LogP contribution in [0.25, 0.3) is 0 Å². The molecular formula is C16H16ClNO2S. The highest BCUT2D eigenvalue weighted by Crippen LogP contribution is 2.31. The molecule has 2 N–H and O–H groups in total. The van der Waals surface area contributed by atoms with Crippen LogP contribution in [-0.2, 0) is 17.6 Å². The van der Waals surface area contributed by atoms with E-state index in [9.17, 15) is 9.90 Å². The van der Waals surface area contributed by atoms with Gasteiger partial charge in [-0.25, -0.2) is 0 Å². The molecule has 1 amide bonds. The number of aliphatic hydroxyl groups is 1. The summed E-state index contributed by atoms with van der Waals surface area (Å²) in [5.41, 5.74) is 2.14. The minimum atomic E-state index is -0.539. The molecule has 110 valence electrons. The van der Waals surface area contributed by atoms with E-state index in [0.717, 1.165) is 21.0 Å². The lowest BCUT2D eigenvalue weighted by Gasteiger charge is -2.17. The standard InChI is InChI=1S/C16H16ClNO2S/c17-11-8-12(21-9-11)5-6-15(20)18-16-13-4-2-1-3-10(13)7-14(16)19/h1-4,8-9,14,16,19H,5-7H2,(H,18,20)/t14-,16+/m0/s1. The SMILES string of the molecule is O=C(CCc1cc(Cl)cs1)N[C@@H]1c2ccccc2C[C@@H]1O. The molecule has 3 rings (SSSR count). The van der Waals surface area contributed by atoms with Crippen molar-refractivity contribution in [2.45, 2.75) is 31.4 Å². The van der Waals surface area contributed by atoms with Crippen molar-refractivity contribution >= 4 is 28.8 Å². The zero-order valence-electron chi connectivity index (χ0n) is 11.4. The molecule has 0 saturated carbocycles. The maximum Gasteiger partial charge on any atom is 0.220 e. The Labute approximate surface area is 132 Å². The van der Waals surface area contributed by atoms with Crippen LogP contribution >= 0.6 is 22.9 Å². The van der Waals surface area contributed by atoms with Crippen molar-refractivity contribution in [2.75, 3.05) is 0 Å². The van der Waals surface area contributed by atoms with E-state index >= 15 is 0 Å². The van der Waals surface area contributed by atoms with Gasteiger partial charge in [0.15, 0.2) is 0 Å². The van der Waals surface area contributed by atoms with Gasteiger partial charge in [0.1, 0.15) is 0 Å². The van der Waals surface area contributed by atoms with Crippen molar-refractivity contribution in [3.8, 4) is 0 Å². The van der Waals surface area contributed by atoms with Crippen molar-refractivity contribution in [1.29, 1.82) is 0 Å².